The largest absolute Gasteiger partial charge is 0.480 e. The predicted octanol–water partition coefficient (Wildman–Crippen LogP) is 5.17. The van der Waals surface area contributed by atoms with Crippen molar-refractivity contribution in [2.45, 2.75) is 83.3 Å². The Morgan fingerprint density at radius 3 is 2.67 bits per heavy atom. The van der Waals surface area contributed by atoms with Crippen LogP contribution in [-0.4, -0.2) is 40.8 Å². The van der Waals surface area contributed by atoms with E-state index in [4.69, 9.17) is 15.7 Å². The second-order valence-electron chi connectivity index (χ2n) is 11.7. The highest BCUT2D eigenvalue weighted by molar-refractivity contribution is 7.57. The van der Waals surface area contributed by atoms with Crippen molar-refractivity contribution in [2.75, 3.05) is 13.5 Å². The van der Waals surface area contributed by atoms with E-state index in [1.807, 2.05) is 12.1 Å². The molecule has 4 rings (SSSR count). The van der Waals surface area contributed by atoms with Crippen molar-refractivity contribution in [3.8, 4) is 18.1 Å². The van der Waals surface area contributed by atoms with Crippen LogP contribution in [0.3, 0.4) is 0 Å². The third-order valence-electron chi connectivity index (χ3n) is 9.64. The smallest absolute Gasteiger partial charge is 0.342 e. The van der Waals surface area contributed by atoms with Crippen molar-refractivity contribution in [1.29, 1.82) is 0 Å². The molecule has 0 amide bonds. The number of carboxylic acid groups (broad SMARTS) is 1. The first-order valence-electron chi connectivity index (χ1n) is 13.0. The molecule has 0 spiro atoms. The summed E-state index contributed by atoms with van der Waals surface area (Å²) in [5.74, 6) is 3.03. The number of benzene rings is 1. The van der Waals surface area contributed by atoms with Crippen molar-refractivity contribution < 1.29 is 28.8 Å². The first kappa shape index (κ1) is 27.2. The predicted molar refractivity (Wildman–Crippen MR) is 139 cm³/mol. The van der Waals surface area contributed by atoms with Crippen LogP contribution in [0.1, 0.15) is 76.8 Å². The Bertz CT molecular complexity index is 1110. The molecule has 3 aliphatic rings. The van der Waals surface area contributed by atoms with E-state index in [2.05, 4.69) is 24.0 Å². The van der Waals surface area contributed by atoms with Crippen LogP contribution in [-0.2, 0) is 20.5 Å². The number of ether oxygens (including phenoxy) is 1. The van der Waals surface area contributed by atoms with Gasteiger partial charge < -0.3 is 19.5 Å². The Hall–Kier alpha value is -1.84. The van der Waals surface area contributed by atoms with E-state index in [0.29, 0.717) is 29.9 Å². The number of aryl methyl sites for hydroxylation is 1. The molecule has 2 fully saturated rings. The number of carboxylic acids is 1. The molecule has 2 saturated carbocycles. The van der Waals surface area contributed by atoms with E-state index in [9.17, 15) is 19.6 Å². The SMILES string of the molecule is C#C[C@]1(O)CC[C@H]2[C@@H]3CCc4cc(OP(=O)(COC)NC(C)(C(=O)O)C(C)C)ccc4[C@H]3CC[C@@]21C. The van der Waals surface area contributed by atoms with Crippen LogP contribution in [0.25, 0.3) is 0 Å². The summed E-state index contributed by atoms with van der Waals surface area (Å²) in [7, 11) is -2.26. The van der Waals surface area contributed by atoms with Crippen molar-refractivity contribution in [3.63, 3.8) is 0 Å². The molecule has 0 radical (unpaired) electrons. The maximum atomic E-state index is 13.7. The molecular weight excluding hydrogens is 477 g/mol. The van der Waals surface area contributed by atoms with Gasteiger partial charge in [-0.1, -0.05) is 32.8 Å². The first-order chi connectivity index (χ1) is 16.8. The van der Waals surface area contributed by atoms with Gasteiger partial charge in [0, 0.05) is 12.5 Å². The van der Waals surface area contributed by atoms with E-state index in [-0.39, 0.29) is 17.7 Å². The third kappa shape index (κ3) is 4.31. The number of fused-ring (bicyclic) bond motifs is 5. The molecule has 0 aromatic heterocycles. The van der Waals surface area contributed by atoms with Crippen molar-refractivity contribution in [1.82, 2.24) is 5.09 Å². The molecule has 1 aromatic carbocycles. The maximum absolute atomic E-state index is 13.7. The van der Waals surface area contributed by atoms with Gasteiger partial charge in [-0.2, -0.15) is 0 Å². The fraction of sp³-hybridized carbons (Fsp3) is 0.679. The lowest BCUT2D eigenvalue weighted by Crippen LogP contribution is -2.52. The summed E-state index contributed by atoms with van der Waals surface area (Å²) in [5.41, 5.74) is -0.224. The molecule has 198 valence electrons. The molecule has 36 heavy (non-hydrogen) atoms. The normalized spacial score (nSPS) is 34.4. The highest BCUT2D eigenvalue weighted by Gasteiger charge is 2.61. The van der Waals surface area contributed by atoms with E-state index in [0.717, 1.165) is 32.1 Å². The quantitative estimate of drug-likeness (QED) is 0.323. The van der Waals surface area contributed by atoms with Crippen LogP contribution in [0.15, 0.2) is 18.2 Å². The van der Waals surface area contributed by atoms with Gasteiger partial charge in [-0.05, 0) is 92.4 Å². The Labute approximate surface area is 214 Å². The molecule has 0 saturated heterocycles. The Kier molecular flexibility index (Phi) is 7.16. The standard InChI is InChI=1S/C28H40NO6P/c1-7-28(32)15-13-24-23-10-8-19-16-20(9-11-21(19)22(23)12-14-26(24,28)4)35-36(33,17-34-6)29-27(5,18(2)3)25(30)31/h1,9,11,16,18,22-24,32H,8,10,12-15,17H2,2-6H3,(H,29,33)(H,30,31)/t22-,23-,24+,26+,27?,28+,36?/m1/s1. The summed E-state index contributed by atoms with van der Waals surface area (Å²) in [4.78, 5) is 12.0. The lowest BCUT2D eigenvalue weighted by atomic mass is 9.53. The number of terminal acetylenes is 1. The Morgan fingerprint density at radius 1 is 1.33 bits per heavy atom. The average Bonchev–Trinajstić information content (AvgIpc) is 3.09. The Morgan fingerprint density at radius 2 is 2.06 bits per heavy atom. The number of aliphatic hydroxyl groups is 1. The zero-order valence-corrected chi connectivity index (χ0v) is 22.9. The number of hydrogen-bond acceptors (Lipinski definition) is 5. The van der Waals surface area contributed by atoms with E-state index < -0.39 is 24.6 Å². The van der Waals surface area contributed by atoms with Gasteiger partial charge in [0.05, 0.1) is 0 Å². The molecule has 2 unspecified atom stereocenters. The minimum atomic E-state index is -3.68. The Balaban J connectivity index is 1.57. The van der Waals surface area contributed by atoms with Crippen molar-refractivity contribution in [2.24, 2.45) is 23.2 Å². The lowest BCUT2D eigenvalue weighted by Gasteiger charge is -2.52. The number of methoxy groups -OCH3 is 1. The molecular formula is C28H40NO6P. The van der Waals surface area contributed by atoms with Gasteiger partial charge in [0.1, 0.15) is 23.2 Å². The molecule has 8 heteroatoms. The zero-order valence-electron chi connectivity index (χ0n) is 22.0. The minimum Gasteiger partial charge on any atom is -0.480 e. The minimum absolute atomic E-state index is 0.241. The van der Waals surface area contributed by atoms with E-state index in [1.165, 1.54) is 25.2 Å². The molecule has 7 nitrogen and oxygen atoms in total. The second-order valence-corrected chi connectivity index (χ2v) is 13.7. The van der Waals surface area contributed by atoms with Crippen LogP contribution in [0.5, 0.6) is 5.75 Å². The average molecular weight is 518 g/mol. The van der Waals surface area contributed by atoms with Gasteiger partial charge in [0.25, 0.3) is 0 Å². The second kappa shape index (κ2) is 9.48. The monoisotopic (exact) mass is 517 g/mol. The van der Waals surface area contributed by atoms with Crippen LogP contribution in [0, 0.1) is 35.5 Å². The summed E-state index contributed by atoms with van der Waals surface area (Å²) in [6.07, 6.45) is 10.9. The van der Waals surface area contributed by atoms with Crippen LogP contribution >= 0.6 is 7.52 Å². The molecule has 3 N–H and O–H groups in total. The lowest BCUT2D eigenvalue weighted by molar-refractivity contribution is -0.145. The van der Waals surface area contributed by atoms with E-state index >= 15 is 0 Å². The number of aliphatic carboxylic acids is 1. The first-order valence-corrected chi connectivity index (χ1v) is 14.8. The molecule has 3 aliphatic carbocycles. The van der Waals surface area contributed by atoms with Gasteiger partial charge in [-0.25, -0.2) is 5.09 Å². The van der Waals surface area contributed by atoms with Gasteiger partial charge in [0.2, 0.25) is 0 Å². The molecule has 0 bridgehead atoms. The van der Waals surface area contributed by atoms with Crippen LogP contribution in [0.2, 0.25) is 0 Å². The van der Waals surface area contributed by atoms with Crippen LogP contribution < -0.4 is 9.61 Å². The van der Waals surface area contributed by atoms with Gasteiger partial charge >= 0.3 is 13.5 Å². The summed E-state index contributed by atoms with van der Waals surface area (Å²) in [5, 5.41) is 23.7. The summed E-state index contributed by atoms with van der Waals surface area (Å²) < 4.78 is 24.8. The third-order valence-corrected chi connectivity index (χ3v) is 11.6. The molecule has 0 heterocycles. The summed E-state index contributed by atoms with van der Waals surface area (Å²) in [6, 6.07) is 5.85. The zero-order chi connectivity index (χ0) is 26.5. The van der Waals surface area contributed by atoms with E-state index in [1.54, 1.807) is 13.8 Å². The molecule has 1 aromatic rings. The number of rotatable bonds is 8. The molecule has 7 atom stereocenters. The van der Waals surface area contributed by atoms with Gasteiger partial charge in [-0.3, -0.25) is 9.36 Å². The number of hydrogen-bond donors (Lipinski definition) is 3. The number of carbonyl (C=O) groups is 1. The summed E-state index contributed by atoms with van der Waals surface area (Å²) in [6.45, 7) is 7.21. The molecule has 0 aliphatic heterocycles. The fourth-order valence-electron chi connectivity index (χ4n) is 7.07. The fourth-order valence-corrected chi connectivity index (χ4v) is 9.09. The van der Waals surface area contributed by atoms with Crippen molar-refractivity contribution in [3.05, 3.63) is 29.3 Å². The highest BCUT2D eigenvalue weighted by atomic mass is 31.2. The number of nitrogens with one attached hydrogen (secondary N) is 1. The van der Waals surface area contributed by atoms with Gasteiger partial charge in [0.15, 0.2) is 0 Å². The topological polar surface area (TPSA) is 105 Å². The highest BCUT2D eigenvalue weighted by Crippen LogP contribution is 2.64. The summed E-state index contributed by atoms with van der Waals surface area (Å²) >= 11 is 0. The van der Waals surface area contributed by atoms with Crippen molar-refractivity contribution >= 4 is 13.5 Å². The van der Waals surface area contributed by atoms with Crippen LogP contribution in [0.4, 0.5) is 0 Å². The maximum Gasteiger partial charge on any atom is 0.342 e. The van der Waals surface area contributed by atoms with Gasteiger partial charge in [-0.15, -0.1) is 6.42 Å².